The predicted molar refractivity (Wildman–Crippen MR) is 127 cm³/mol. The quantitative estimate of drug-likeness (QED) is 0.559. The van der Waals surface area contributed by atoms with E-state index in [1.54, 1.807) is 39.0 Å². The van der Waals surface area contributed by atoms with Crippen molar-refractivity contribution in [2.45, 2.75) is 53.1 Å². The van der Waals surface area contributed by atoms with E-state index < -0.39 is 11.7 Å². The van der Waals surface area contributed by atoms with Crippen LogP contribution < -0.4 is 10.2 Å². The number of anilines is 2. The van der Waals surface area contributed by atoms with Crippen LogP contribution in [0.5, 0.6) is 0 Å². The van der Waals surface area contributed by atoms with Gasteiger partial charge in [0, 0.05) is 18.7 Å². The second-order valence-electron chi connectivity index (χ2n) is 9.58. The minimum Gasteiger partial charge on any atom is -0.444 e. The fraction of sp³-hybridized carbons (Fsp3) is 0.478. The van der Waals surface area contributed by atoms with Gasteiger partial charge in [0.05, 0.1) is 10.0 Å². The molecule has 32 heavy (non-hydrogen) atoms. The van der Waals surface area contributed by atoms with Gasteiger partial charge in [-0.3, -0.25) is 5.32 Å². The average Bonchev–Trinajstić information content (AvgIpc) is 2.68. The number of nitrogens with zero attached hydrogens (tertiary/aromatic N) is 4. The smallest absolute Gasteiger partial charge is 0.413 e. The predicted octanol–water partition coefficient (Wildman–Crippen LogP) is 6.30. The molecule has 0 radical (unpaired) electrons. The van der Waals surface area contributed by atoms with Gasteiger partial charge in [-0.2, -0.15) is 5.26 Å². The lowest BCUT2D eigenvalue weighted by Gasteiger charge is -2.37. The Kier molecular flexibility index (Phi) is 6.87. The lowest BCUT2D eigenvalue weighted by Crippen LogP contribution is -2.38. The fourth-order valence-corrected chi connectivity index (χ4v) is 3.80. The number of hydrogen-bond donors (Lipinski definition) is 1. The van der Waals surface area contributed by atoms with E-state index in [1.165, 1.54) is 0 Å². The molecule has 7 nitrogen and oxygen atoms in total. The van der Waals surface area contributed by atoms with Crippen LogP contribution >= 0.6 is 23.2 Å². The van der Waals surface area contributed by atoms with Crippen LogP contribution in [0.1, 0.15) is 53.2 Å². The van der Waals surface area contributed by atoms with Gasteiger partial charge >= 0.3 is 6.09 Å². The zero-order valence-corrected chi connectivity index (χ0v) is 20.4. The Morgan fingerprint density at radius 2 is 1.88 bits per heavy atom. The normalized spacial score (nSPS) is 15.8. The third-order valence-corrected chi connectivity index (χ3v) is 6.04. The summed E-state index contributed by atoms with van der Waals surface area (Å²) < 4.78 is 5.40. The first-order valence-electron chi connectivity index (χ1n) is 10.4. The molecule has 2 aromatic rings. The van der Waals surface area contributed by atoms with Gasteiger partial charge in [-0.05, 0) is 45.1 Å². The van der Waals surface area contributed by atoms with Gasteiger partial charge in [-0.15, -0.1) is 0 Å². The SMILES string of the molecule is CC1(C)CCN(c2nc(NC(=O)OC(C)(C)C)c(-c3cccc(Cl)c3Cl)nc2C#N)CC1. The van der Waals surface area contributed by atoms with Crippen molar-refractivity contribution in [3.63, 3.8) is 0 Å². The van der Waals surface area contributed by atoms with Crippen LogP contribution in [0.2, 0.25) is 10.0 Å². The summed E-state index contributed by atoms with van der Waals surface area (Å²) in [5, 5.41) is 13.1. The van der Waals surface area contributed by atoms with Crippen LogP contribution in [-0.4, -0.2) is 34.8 Å². The molecule has 0 saturated carbocycles. The fourth-order valence-electron chi connectivity index (χ4n) is 3.41. The maximum atomic E-state index is 12.6. The van der Waals surface area contributed by atoms with E-state index in [0.29, 0.717) is 16.4 Å². The Hall–Kier alpha value is -2.56. The second-order valence-corrected chi connectivity index (χ2v) is 10.4. The summed E-state index contributed by atoms with van der Waals surface area (Å²) in [5.74, 6) is 0.582. The molecule has 1 aromatic heterocycles. The molecular weight excluding hydrogens is 449 g/mol. The molecule has 1 aliphatic rings. The molecule has 0 bridgehead atoms. The summed E-state index contributed by atoms with van der Waals surface area (Å²) in [7, 11) is 0. The van der Waals surface area contributed by atoms with E-state index in [1.807, 2.05) is 4.90 Å². The highest BCUT2D eigenvalue weighted by molar-refractivity contribution is 6.43. The van der Waals surface area contributed by atoms with E-state index in [0.717, 1.165) is 25.9 Å². The standard InChI is InChI=1S/C23H27Cl2N5O2/c1-22(2,3)32-21(31)29-19-18(14-7-6-8-15(24)17(14)25)27-16(13-26)20(28-19)30-11-9-23(4,5)10-12-30/h6-8H,9-12H2,1-5H3,(H,28,29,31). The van der Waals surface area contributed by atoms with Crippen molar-refractivity contribution in [3.8, 4) is 17.3 Å². The lowest BCUT2D eigenvalue weighted by atomic mass is 9.82. The van der Waals surface area contributed by atoms with Crippen LogP contribution in [-0.2, 0) is 4.74 Å². The van der Waals surface area contributed by atoms with E-state index in [-0.39, 0.29) is 27.6 Å². The molecule has 1 amide bonds. The molecule has 1 aliphatic heterocycles. The van der Waals surface area contributed by atoms with E-state index in [4.69, 9.17) is 27.9 Å². The number of rotatable bonds is 3. The molecular formula is C23H27Cl2N5O2. The number of piperidine rings is 1. The highest BCUT2D eigenvalue weighted by Crippen LogP contribution is 2.38. The van der Waals surface area contributed by atoms with Gasteiger partial charge in [0.15, 0.2) is 17.3 Å². The molecule has 1 aromatic carbocycles. The molecule has 1 saturated heterocycles. The number of hydrogen-bond acceptors (Lipinski definition) is 6. The van der Waals surface area contributed by atoms with Crippen molar-refractivity contribution in [1.82, 2.24) is 9.97 Å². The Labute approximate surface area is 198 Å². The summed E-state index contributed by atoms with van der Waals surface area (Å²) in [6, 6.07) is 7.22. The molecule has 0 spiro atoms. The van der Waals surface area contributed by atoms with Crippen molar-refractivity contribution in [2.75, 3.05) is 23.3 Å². The van der Waals surface area contributed by atoms with Crippen molar-refractivity contribution >= 4 is 40.9 Å². The topological polar surface area (TPSA) is 91.1 Å². The maximum absolute atomic E-state index is 12.6. The van der Waals surface area contributed by atoms with Crippen molar-refractivity contribution < 1.29 is 9.53 Å². The molecule has 2 heterocycles. The third-order valence-electron chi connectivity index (χ3n) is 5.23. The van der Waals surface area contributed by atoms with Gasteiger partial charge in [0.1, 0.15) is 17.4 Å². The zero-order chi connectivity index (χ0) is 23.7. The molecule has 9 heteroatoms. The van der Waals surface area contributed by atoms with Gasteiger partial charge < -0.3 is 9.64 Å². The molecule has 3 rings (SSSR count). The minimum absolute atomic E-state index is 0.155. The largest absolute Gasteiger partial charge is 0.444 e. The van der Waals surface area contributed by atoms with Crippen molar-refractivity contribution in [2.24, 2.45) is 5.41 Å². The number of ether oxygens (including phenoxy) is 1. The molecule has 1 fully saturated rings. The highest BCUT2D eigenvalue weighted by atomic mass is 35.5. The summed E-state index contributed by atoms with van der Waals surface area (Å²) in [6.45, 7) is 11.2. The molecule has 0 aliphatic carbocycles. The second kappa shape index (κ2) is 9.13. The monoisotopic (exact) mass is 475 g/mol. The Morgan fingerprint density at radius 1 is 1.22 bits per heavy atom. The first-order valence-corrected chi connectivity index (χ1v) is 11.2. The van der Waals surface area contributed by atoms with Crippen LogP contribution in [0.3, 0.4) is 0 Å². The van der Waals surface area contributed by atoms with Gasteiger partial charge in [0.2, 0.25) is 0 Å². The molecule has 170 valence electrons. The highest BCUT2D eigenvalue weighted by Gasteiger charge is 2.29. The van der Waals surface area contributed by atoms with E-state index in [9.17, 15) is 10.1 Å². The minimum atomic E-state index is -0.695. The van der Waals surface area contributed by atoms with Crippen LogP contribution in [0.25, 0.3) is 11.3 Å². The summed E-state index contributed by atoms with van der Waals surface area (Å²) in [4.78, 5) is 23.8. The third kappa shape index (κ3) is 5.62. The summed E-state index contributed by atoms with van der Waals surface area (Å²) in [5.41, 5.74) is 0.397. The lowest BCUT2D eigenvalue weighted by molar-refractivity contribution is 0.0635. The van der Waals surface area contributed by atoms with E-state index >= 15 is 0 Å². The molecule has 1 N–H and O–H groups in total. The first-order chi connectivity index (χ1) is 14.9. The van der Waals surface area contributed by atoms with Gasteiger partial charge in [-0.25, -0.2) is 14.8 Å². The number of nitriles is 1. The first kappa shape index (κ1) is 24.1. The average molecular weight is 476 g/mol. The van der Waals surface area contributed by atoms with Crippen LogP contribution in [0, 0.1) is 16.7 Å². The number of carbonyl (C=O) groups is 1. The van der Waals surface area contributed by atoms with E-state index in [2.05, 4.69) is 35.2 Å². The number of carbonyl (C=O) groups excluding carboxylic acids is 1. The Morgan fingerprint density at radius 3 is 2.47 bits per heavy atom. The number of aromatic nitrogens is 2. The number of halogens is 2. The Balaban J connectivity index is 2.10. The van der Waals surface area contributed by atoms with Crippen LogP contribution in [0.15, 0.2) is 18.2 Å². The van der Waals surface area contributed by atoms with Crippen molar-refractivity contribution in [1.29, 1.82) is 5.26 Å². The molecule has 0 atom stereocenters. The summed E-state index contributed by atoms with van der Waals surface area (Å²) >= 11 is 12.6. The number of benzene rings is 1. The zero-order valence-electron chi connectivity index (χ0n) is 18.9. The molecule has 0 unspecified atom stereocenters. The Bertz CT molecular complexity index is 1060. The van der Waals surface area contributed by atoms with Gasteiger partial charge in [0.25, 0.3) is 0 Å². The number of amides is 1. The number of nitrogens with one attached hydrogen (secondary N) is 1. The van der Waals surface area contributed by atoms with Gasteiger partial charge in [-0.1, -0.05) is 49.2 Å². The van der Waals surface area contributed by atoms with Crippen molar-refractivity contribution in [3.05, 3.63) is 33.9 Å². The summed E-state index contributed by atoms with van der Waals surface area (Å²) in [6.07, 6.45) is 1.23. The maximum Gasteiger partial charge on any atom is 0.413 e. The van der Waals surface area contributed by atoms with Crippen LogP contribution in [0.4, 0.5) is 16.4 Å².